The number of likely N-dealkylation sites (N-methyl/N-ethyl adjacent to an activating group) is 1. The molecule has 0 saturated carbocycles. The molecule has 0 bridgehead atoms. The van der Waals surface area contributed by atoms with E-state index in [0.717, 1.165) is 29.1 Å². The summed E-state index contributed by atoms with van der Waals surface area (Å²) >= 11 is 0. The molecule has 2 aromatic rings. The molecule has 0 fully saturated rings. The highest BCUT2D eigenvalue weighted by Crippen LogP contribution is 2.23. The van der Waals surface area contributed by atoms with Gasteiger partial charge in [-0.1, -0.05) is 12.1 Å². The molecule has 0 spiro atoms. The molecule has 1 aromatic heterocycles. The number of ether oxygens (including phenoxy) is 1. The van der Waals surface area contributed by atoms with Crippen LogP contribution in [-0.2, 0) is 4.79 Å². The van der Waals surface area contributed by atoms with Gasteiger partial charge in [-0.05, 0) is 43.2 Å². The van der Waals surface area contributed by atoms with Gasteiger partial charge in [-0.15, -0.1) is 13.2 Å². The van der Waals surface area contributed by atoms with Crippen LogP contribution in [0.5, 0.6) is 5.75 Å². The molecule has 0 atom stereocenters. The number of pyridine rings is 1. The summed E-state index contributed by atoms with van der Waals surface area (Å²) in [7, 11) is 1.62. The summed E-state index contributed by atoms with van der Waals surface area (Å²) in [5, 5.41) is 2.81. The number of anilines is 2. The maximum atomic E-state index is 12.2. The smallest absolute Gasteiger partial charge is 0.404 e. The number of rotatable bonds is 5. The topological polar surface area (TPSA) is 54.5 Å². The van der Waals surface area contributed by atoms with Crippen molar-refractivity contribution in [1.82, 2.24) is 4.98 Å². The quantitative estimate of drug-likeness (QED) is 0.891. The minimum absolute atomic E-state index is 0.000142. The summed E-state index contributed by atoms with van der Waals surface area (Å²) in [6.07, 6.45) is -3.80. The molecule has 1 aromatic carbocycles. The highest BCUT2D eigenvalue weighted by atomic mass is 19.4. The number of hydrogen-bond donors (Lipinski definition) is 1. The van der Waals surface area contributed by atoms with Crippen LogP contribution in [0, 0.1) is 13.8 Å². The number of alkyl halides is 3. The lowest BCUT2D eigenvalue weighted by molar-refractivity contribution is -0.274. The van der Waals surface area contributed by atoms with E-state index in [4.69, 9.17) is 0 Å². The van der Waals surface area contributed by atoms with Crippen molar-refractivity contribution in [2.24, 2.45) is 0 Å². The van der Waals surface area contributed by atoms with Gasteiger partial charge < -0.3 is 15.0 Å². The van der Waals surface area contributed by atoms with Gasteiger partial charge in [-0.2, -0.15) is 0 Å². The second-order valence-electron chi connectivity index (χ2n) is 5.55. The summed E-state index contributed by atoms with van der Waals surface area (Å²) < 4.78 is 40.1. The third-order valence-corrected chi connectivity index (χ3v) is 3.60. The second-order valence-corrected chi connectivity index (χ2v) is 5.55. The van der Waals surface area contributed by atoms with Crippen molar-refractivity contribution in [2.45, 2.75) is 20.2 Å². The summed E-state index contributed by atoms with van der Waals surface area (Å²) in [6.45, 7) is 3.86. The zero-order valence-corrected chi connectivity index (χ0v) is 14.0. The van der Waals surface area contributed by atoms with Crippen LogP contribution >= 0.6 is 0 Å². The van der Waals surface area contributed by atoms with Gasteiger partial charge in [0, 0.05) is 12.7 Å². The van der Waals surface area contributed by atoms with E-state index in [1.54, 1.807) is 7.05 Å². The van der Waals surface area contributed by atoms with E-state index >= 15 is 0 Å². The Morgan fingerprint density at radius 3 is 2.56 bits per heavy atom. The van der Waals surface area contributed by atoms with Gasteiger partial charge in [0.1, 0.15) is 11.6 Å². The highest BCUT2D eigenvalue weighted by molar-refractivity contribution is 5.94. The van der Waals surface area contributed by atoms with Crippen molar-refractivity contribution in [2.75, 3.05) is 23.8 Å². The Hall–Kier alpha value is -2.77. The van der Waals surface area contributed by atoms with E-state index in [2.05, 4.69) is 15.0 Å². The van der Waals surface area contributed by atoms with E-state index in [-0.39, 0.29) is 12.5 Å². The molecule has 0 radical (unpaired) electrons. The minimum atomic E-state index is -4.76. The van der Waals surface area contributed by atoms with Gasteiger partial charge in [0.05, 0.1) is 12.7 Å². The second kappa shape index (κ2) is 7.42. The number of benzene rings is 1. The molecule has 0 aliphatic rings. The van der Waals surface area contributed by atoms with E-state index < -0.39 is 12.1 Å². The zero-order chi connectivity index (χ0) is 18.6. The van der Waals surface area contributed by atoms with Crippen LogP contribution in [0.1, 0.15) is 11.1 Å². The first-order valence-electron chi connectivity index (χ1n) is 7.45. The monoisotopic (exact) mass is 353 g/mol. The lowest BCUT2D eigenvalue weighted by atomic mass is 10.1. The third kappa shape index (κ3) is 5.37. The lowest BCUT2D eigenvalue weighted by Crippen LogP contribution is -2.30. The summed E-state index contributed by atoms with van der Waals surface area (Å²) in [6, 6.07) is 8.11. The Labute approximate surface area is 143 Å². The predicted molar refractivity (Wildman–Crippen MR) is 88.7 cm³/mol. The SMILES string of the molecule is Cc1cccc(NC(=O)CN(C)c2ccc(OC(F)(F)F)cn2)c1C. The van der Waals surface area contributed by atoms with E-state index in [1.807, 2.05) is 32.0 Å². The van der Waals surface area contributed by atoms with Crippen LogP contribution in [0.2, 0.25) is 0 Å². The number of halogens is 3. The van der Waals surface area contributed by atoms with Crippen LogP contribution in [0.25, 0.3) is 0 Å². The fraction of sp³-hybridized carbons (Fsp3) is 0.294. The van der Waals surface area contributed by atoms with Crippen LogP contribution in [0.15, 0.2) is 36.5 Å². The van der Waals surface area contributed by atoms with Crippen molar-refractivity contribution in [3.05, 3.63) is 47.7 Å². The fourth-order valence-corrected chi connectivity index (χ4v) is 2.16. The maximum absolute atomic E-state index is 12.2. The van der Waals surface area contributed by atoms with Gasteiger partial charge in [-0.3, -0.25) is 4.79 Å². The van der Waals surface area contributed by atoms with Crippen molar-refractivity contribution in [3.63, 3.8) is 0 Å². The summed E-state index contributed by atoms with van der Waals surface area (Å²) in [4.78, 5) is 17.6. The number of amides is 1. The van der Waals surface area contributed by atoms with Gasteiger partial charge >= 0.3 is 6.36 Å². The number of nitrogens with one attached hydrogen (secondary N) is 1. The average molecular weight is 353 g/mol. The number of hydrogen-bond acceptors (Lipinski definition) is 4. The molecular weight excluding hydrogens is 335 g/mol. The molecule has 1 amide bonds. The number of nitrogens with zero attached hydrogens (tertiary/aromatic N) is 2. The maximum Gasteiger partial charge on any atom is 0.573 e. The van der Waals surface area contributed by atoms with Crippen molar-refractivity contribution < 1.29 is 22.7 Å². The minimum Gasteiger partial charge on any atom is -0.404 e. The van der Waals surface area contributed by atoms with Crippen LogP contribution in [0.4, 0.5) is 24.7 Å². The molecule has 0 aliphatic heterocycles. The molecule has 25 heavy (non-hydrogen) atoms. The fourth-order valence-electron chi connectivity index (χ4n) is 2.16. The first kappa shape index (κ1) is 18.6. The van der Waals surface area contributed by atoms with Crippen LogP contribution < -0.4 is 15.0 Å². The Morgan fingerprint density at radius 2 is 1.96 bits per heavy atom. The lowest BCUT2D eigenvalue weighted by Gasteiger charge is -2.19. The van der Waals surface area contributed by atoms with E-state index in [1.165, 1.54) is 11.0 Å². The molecule has 0 unspecified atom stereocenters. The first-order chi connectivity index (χ1) is 11.7. The van der Waals surface area contributed by atoms with Gasteiger partial charge in [-0.25, -0.2) is 4.98 Å². The molecule has 0 aliphatic carbocycles. The van der Waals surface area contributed by atoms with Crippen molar-refractivity contribution in [3.8, 4) is 5.75 Å². The average Bonchev–Trinajstić information content (AvgIpc) is 2.51. The predicted octanol–water partition coefficient (Wildman–Crippen LogP) is 3.67. The van der Waals surface area contributed by atoms with Crippen molar-refractivity contribution in [1.29, 1.82) is 0 Å². The number of aryl methyl sites for hydroxylation is 1. The number of aromatic nitrogens is 1. The molecule has 2 rings (SSSR count). The molecule has 0 saturated heterocycles. The van der Waals surface area contributed by atoms with Gasteiger partial charge in [0.15, 0.2) is 0 Å². The van der Waals surface area contributed by atoms with Crippen LogP contribution in [0.3, 0.4) is 0 Å². The van der Waals surface area contributed by atoms with Gasteiger partial charge in [0.25, 0.3) is 0 Å². The Kier molecular flexibility index (Phi) is 5.51. The molecule has 1 heterocycles. The molecule has 1 N–H and O–H groups in total. The zero-order valence-electron chi connectivity index (χ0n) is 14.0. The Bertz CT molecular complexity index is 746. The van der Waals surface area contributed by atoms with Crippen LogP contribution in [-0.4, -0.2) is 30.8 Å². The highest BCUT2D eigenvalue weighted by Gasteiger charge is 2.31. The number of carbonyl (C=O) groups is 1. The Morgan fingerprint density at radius 1 is 1.24 bits per heavy atom. The molecule has 5 nitrogen and oxygen atoms in total. The summed E-state index contributed by atoms with van der Waals surface area (Å²) in [5.41, 5.74) is 2.76. The number of carbonyl (C=O) groups excluding carboxylic acids is 1. The standard InChI is InChI=1S/C17H18F3N3O2/c1-11-5-4-6-14(12(11)2)22-16(24)10-23(3)15-8-7-13(9-21-15)25-17(18,19)20/h4-9H,10H2,1-3H3,(H,22,24). The van der Waals surface area contributed by atoms with E-state index in [9.17, 15) is 18.0 Å². The molecule has 8 heteroatoms. The third-order valence-electron chi connectivity index (χ3n) is 3.60. The van der Waals surface area contributed by atoms with Crippen molar-refractivity contribution >= 4 is 17.4 Å². The molecular formula is C17H18F3N3O2. The van der Waals surface area contributed by atoms with Gasteiger partial charge in [0.2, 0.25) is 5.91 Å². The summed E-state index contributed by atoms with van der Waals surface area (Å²) in [5.74, 6) is -0.316. The largest absolute Gasteiger partial charge is 0.573 e. The Balaban J connectivity index is 1.98. The normalized spacial score (nSPS) is 11.1. The van der Waals surface area contributed by atoms with E-state index in [0.29, 0.717) is 5.82 Å². The first-order valence-corrected chi connectivity index (χ1v) is 7.45. The molecule has 134 valence electrons.